The molecule has 3 rings (SSSR count). The van der Waals surface area contributed by atoms with Crippen molar-refractivity contribution in [2.24, 2.45) is 0 Å². The highest BCUT2D eigenvalue weighted by Gasteiger charge is 2.14. The van der Waals surface area contributed by atoms with E-state index in [9.17, 15) is 4.39 Å². The molecule has 21 heavy (non-hydrogen) atoms. The first-order chi connectivity index (χ1) is 10.1. The van der Waals surface area contributed by atoms with Crippen LogP contribution in [0.2, 0.25) is 5.02 Å². The SMILES string of the molecule is Fc1cc2c(cc1Cl)nc(CCCl)n2Cc1cc(Br)cs1. The third-order valence-corrected chi connectivity index (χ3v) is 5.28. The predicted molar refractivity (Wildman–Crippen MR) is 90.2 cm³/mol. The highest BCUT2D eigenvalue weighted by atomic mass is 79.9. The molecule has 0 spiro atoms. The Morgan fingerprint density at radius 2 is 2.14 bits per heavy atom. The molecular weight excluding hydrogens is 398 g/mol. The Balaban J connectivity index is 2.12. The molecule has 110 valence electrons. The second kappa shape index (κ2) is 6.24. The third kappa shape index (κ3) is 3.11. The largest absolute Gasteiger partial charge is 0.323 e. The topological polar surface area (TPSA) is 17.8 Å². The molecule has 7 heteroatoms. The summed E-state index contributed by atoms with van der Waals surface area (Å²) in [5.41, 5.74) is 1.43. The first-order valence-electron chi connectivity index (χ1n) is 6.21. The Morgan fingerprint density at radius 3 is 2.81 bits per heavy atom. The number of fused-ring (bicyclic) bond motifs is 1. The van der Waals surface area contributed by atoms with Crippen molar-refractivity contribution in [3.8, 4) is 0 Å². The molecule has 0 aliphatic heterocycles. The van der Waals surface area contributed by atoms with Crippen molar-refractivity contribution in [3.63, 3.8) is 0 Å². The van der Waals surface area contributed by atoms with Crippen molar-refractivity contribution in [2.45, 2.75) is 13.0 Å². The first-order valence-corrected chi connectivity index (χ1v) is 8.80. The number of aromatic nitrogens is 2. The number of nitrogens with zero attached hydrogens (tertiary/aromatic N) is 2. The van der Waals surface area contributed by atoms with Crippen LogP contribution in [0.3, 0.4) is 0 Å². The Kier molecular flexibility index (Phi) is 4.54. The van der Waals surface area contributed by atoms with Crippen LogP contribution in [0.4, 0.5) is 4.39 Å². The second-order valence-electron chi connectivity index (χ2n) is 4.54. The normalized spacial score (nSPS) is 11.4. The van der Waals surface area contributed by atoms with Gasteiger partial charge in [0.2, 0.25) is 0 Å². The molecule has 1 aromatic carbocycles. The standard InChI is InChI=1S/C14H10BrCl2FN2S/c15-8-3-9(21-7-8)6-20-13-5-11(18)10(17)4-12(13)19-14(20)1-2-16/h3-5,7H,1-2,6H2. The Hall–Kier alpha value is -0.620. The van der Waals surface area contributed by atoms with Gasteiger partial charge in [-0.3, -0.25) is 0 Å². The molecular formula is C14H10BrCl2FN2S. The van der Waals surface area contributed by atoms with E-state index < -0.39 is 5.82 Å². The fraction of sp³-hybridized carbons (Fsp3) is 0.214. The molecule has 0 atom stereocenters. The van der Waals surface area contributed by atoms with Gasteiger partial charge < -0.3 is 4.57 Å². The van der Waals surface area contributed by atoms with Crippen LogP contribution >= 0.6 is 50.5 Å². The van der Waals surface area contributed by atoms with Crippen LogP contribution in [0, 0.1) is 5.82 Å². The number of aryl methyl sites for hydroxylation is 1. The minimum absolute atomic E-state index is 0.0865. The summed E-state index contributed by atoms with van der Waals surface area (Å²) in [6, 6.07) is 5.04. The van der Waals surface area contributed by atoms with E-state index in [0.717, 1.165) is 20.7 Å². The van der Waals surface area contributed by atoms with E-state index in [2.05, 4.69) is 20.9 Å². The molecule has 2 aromatic heterocycles. The molecule has 2 nitrogen and oxygen atoms in total. The molecule has 3 aromatic rings. The smallest absolute Gasteiger partial charge is 0.144 e. The fourth-order valence-corrected chi connectivity index (χ4v) is 3.98. The van der Waals surface area contributed by atoms with Gasteiger partial charge in [-0.15, -0.1) is 22.9 Å². The summed E-state index contributed by atoms with van der Waals surface area (Å²) in [6.07, 6.45) is 0.627. The van der Waals surface area contributed by atoms with E-state index in [0.29, 0.717) is 24.4 Å². The van der Waals surface area contributed by atoms with Crippen LogP contribution in [0.25, 0.3) is 11.0 Å². The fourth-order valence-electron chi connectivity index (χ4n) is 2.21. The van der Waals surface area contributed by atoms with Crippen molar-refractivity contribution >= 4 is 61.5 Å². The highest BCUT2D eigenvalue weighted by Crippen LogP contribution is 2.27. The van der Waals surface area contributed by atoms with Gasteiger partial charge in [0.15, 0.2) is 0 Å². The zero-order chi connectivity index (χ0) is 15.0. The average Bonchev–Trinajstić information content (AvgIpc) is 2.97. The summed E-state index contributed by atoms with van der Waals surface area (Å²) >= 11 is 16.8. The summed E-state index contributed by atoms with van der Waals surface area (Å²) in [4.78, 5) is 5.69. The molecule has 0 unspecified atom stereocenters. The van der Waals surface area contributed by atoms with E-state index in [-0.39, 0.29) is 5.02 Å². The van der Waals surface area contributed by atoms with Gasteiger partial charge in [0.05, 0.1) is 22.6 Å². The number of hydrogen-bond acceptors (Lipinski definition) is 2. The quantitative estimate of drug-likeness (QED) is 0.523. The lowest BCUT2D eigenvalue weighted by Crippen LogP contribution is -2.05. The molecule has 0 bridgehead atoms. The number of halogens is 4. The second-order valence-corrected chi connectivity index (χ2v) is 7.24. The maximum Gasteiger partial charge on any atom is 0.144 e. The lowest BCUT2D eigenvalue weighted by Gasteiger charge is -2.07. The van der Waals surface area contributed by atoms with Crippen LogP contribution in [0.5, 0.6) is 0 Å². The molecule has 0 amide bonds. The van der Waals surface area contributed by atoms with Crippen molar-refractivity contribution in [2.75, 3.05) is 5.88 Å². The van der Waals surface area contributed by atoms with Crippen molar-refractivity contribution < 1.29 is 4.39 Å². The summed E-state index contributed by atoms with van der Waals surface area (Å²) in [5.74, 6) is 0.870. The molecule has 0 saturated heterocycles. The number of alkyl halides is 1. The van der Waals surface area contributed by atoms with Gasteiger partial charge in [0.25, 0.3) is 0 Å². The van der Waals surface area contributed by atoms with E-state index >= 15 is 0 Å². The molecule has 0 saturated carbocycles. The van der Waals surface area contributed by atoms with Gasteiger partial charge in [-0.2, -0.15) is 0 Å². The lowest BCUT2D eigenvalue weighted by atomic mass is 10.3. The highest BCUT2D eigenvalue weighted by molar-refractivity contribution is 9.10. The van der Waals surface area contributed by atoms with E-state index in [4.69, 9.17) is 23.2 Å². The van der Waals surface area contributed by atoms with Crippen LogP contribution < -0.4 is 0 Å². The molecule has 2 heterocycles. The van der Waals surface area contributed by atoms with Gasteiger partial charge >= 0.3 is 0 Å². The average molecular weight is 408 g/mol. The van der Waals surface area contributed by atoms with Gasteiger partial charge in [-0.25, -0.2) is 9.37 Å². The van der Waals surface area contributed by atoms with Crippen LogP contribution in [0.15, 0.2) is 28.1 Å². The van der Waals surface area contributed by atoms with E-state index in [1.807, 2.05) is 16.0 Å². The van der Waals surface area contributed by atoms with E-state index in [1.54, 1.807) is 17.4 Å². The summed E-state index contributed by atoms with van der Waals surface area (Å²) in [6.45, 7) is 0.639. The zero-order valence-corrected chi connectivity index (χ0v) is 14.7. The molecule has 0 radical (unpaired) electrons. The Bertz CT molecular complexity index is 800. The number of thiophene rings is 1. The van der Waals surface area contributed by atoms with E-state index in [1.165, 1.54) is 6.07 Å². The summed E-state index contributed by atoms with van der Waals surface area (Å²) in [7, 11) is 0. The number of rotatable bonds is 4. The first kappa shape index (κ1) is 15.3. The zero-order valence-electron chi connectivity index (χ0n) is 10.7. The van der Waals surface area contributed by atoms with Gasteiger partial charge in [0.1, 0.15) is 11.6 Å². The van der Waals surface area contributed by atoms with Gasteiger partial charge in [-0.1, -0.05) is 11.6 Å². The number of imidazole rings is 1. The van der Waals surface area contributed by atoms with Crippen LogP contribution in [0.1, 0.15) is 10.7 Å². The Morgan fingerprint density at radius 1 is 1.33 bits per heavy atom. The minimum Gasteiger partial charge on any atom is -0.323 e. The van der Waals surface area contributed by atoms with Crippen LogP contribution in [-0.2, 0) is 13.0 Å². The van der Waals surface area contributed by atoms with Gasteiger partial charge in [0, 0.05) is 33.1 Å². The maximum atomic E-state index is 13.8. The predicted octanol–water partition coefficient (Wildman–Crippen LogP) is 5.48. The lowest BCUT2D eigenvalue weighted by molar-refractivity contribution is 0.628. The minimum atomic E-state index is -0.435. The summed E-state index contributed by atoms with van der Waals surface area (Å²) in [5, 5.41) is 2.11. The number of benzene rings is 1. The summed E-state index contributed by atoms with van der Waals surface area (Å²) < 4.78 is 16.8. The monoisotopic (exact) mass is 406 g/mol. The maximum absolute atomic E-state index is 13.8. The van der Waals surface area contributed by atoms with Crippen LogP contribution in [-0.4, -0.2) is 15.4 Å². The number of hydrogen-bond donors (Lipinski definition) is 0. The molecule has 0 aliphatic carbocycles. The molecule has 0 N–H and O–H groups in total. The Labute approximate surface area is 143 Å². The third-order valence-electron chi connectivity index (χ3n) is 3.12. The molecule has 0 fully saturated rings. The molecule has 0 aliphatic rings. The van der Waals surface area contributed by atoms with Crippen molar-refractivity contribution in [1.29, 1.82) is 0 Å². The van der Waals surface area contributed by atoms with Crippen molar-refractivity contribution in [3.05, 3.63) is 49.6 Å². The van der Waals surface area contributed by atoms with Gasteiger partial charge in [-0.05, 0) is 28.1 Å². The van der Waals surface area contributed by atoms with Crippen molar-refractivity contribution in [1.82, 2.24) is 9.55 Å².